The number of nitrogens with one attached hydrogen (secondary N) is 2. The fourth-order valence-electron chi connectivity index (χ4n) is 3.84. The predicted molar refractivity (Wildman–Crippen MR) is 121 cm³/mol. The molecular weight excluding hydrogens is 396 g/mol. The summed E-state index contributed by atoms with van der Waals surface area (Å²) in [6.07, 6.45) is 0.624. The number of carbonyl (C=O) groups is 2. The second-order valence-corrected chi connectivity index (χ2v) is 9.17. The number of carboxylic acid groups (broad SMARTS) is 1. The van der Waals surface area contributed by atoms with Gasteiger partial charge in [-0.2, -0.15) is 0 Å². The molecule has 3 N–H and O–H groups in total. The second kappa shape index (κ2) is 9.41. The average Bonchev–Trinajstić information content (AvgIpc) is 3.37. The number of aryl methyl sites for hydroxylation is 1. The Labute approximate surface area is 183 Å². The number of anilines is 3. The Morgan fingerprint density at radius 1 is 1.16 bits per heavy atom. The fourth-order valence-corrected chi connectivity index (χ4v) is 3.84. The average molecular weight is 429 g/mol. The minimum Gasteiger partial charge on any atom is -0.481 e. The van der Waals surface area contributed by atoms with Crippen molar-refractivity contribution in [2.75, 3.05) is 28.6 Å². The summed E-state index contributed by atoms with van der Waals surface area (Å²) < 4.78 is 5.07. The molecule has 0 bridgehead atoms. The molecule has 2 aromatic rings. The third kappa shape index (κ3) is 5.99. The van der Waals surface area contributed by atoms with E-state index in [0.717, 1.165) is 24.3 Å². The number of nitrogens with zero attached hydrogens (tertiary/aromatic N) is 2. The molecule has 1 aromatic carbocycles. The summed E-state index contributed by atoms with van der Waals surface area (Å²) in [6, 6.07) is 7.09. The van der Waals surface area contributed by atoms with Crippen molar-refractivity contribution in [3.63, 3.8) is 0 Å². The topological polar surface area (TPSA) is 108 Å². The van der Waals surface area contributed by atoms with Crippen LogP contribution in [0, 0.1) is 24.7 Å². The number of carboxylic acids is 1. The number of carbonyl (C=O) groups excluding carboxylic acids is 1. The van der Waals surface area contributed by atoms with Crippen molar-refractivity contribution >= 4 is 29.3 Å². The smallest absolute Gasteiger partial charge is 0.326 e. The molecule has 8 heteroatoms. The van der Waals surface area contributed by atoms with Gasteiger partial charge in [-0.3, -0.25) is 10.1 Å². The van der Waals surface area contributed by atoms with E-state index in [4.69, 9.17) is 4.52 Å². The molecular formula is C23H32N4O4. The summed E-state index contributed by atoms with van der Waals surface area (Å²) in [5, 5.41) is 18.7. The summed E-state index contributed by atoms with van der Waals surface area (Å²) in [4.78, 5) is 26.3. The highest BCUT2D eigenvalue weighted by Crippen LogP contribution is 2.49. The summed E-state index contributed by atoms with van der Waals surface area (Å²) in [7, 11) is 0. The number of hydrogen-bond acceptors (Lipinski definition) is 5. The van der Waals surface area contributed by atoms with Gasteiger partial charge in [0.1, 0.15) is 0 Å². The van der Waals surface area contributed by atoms with Crippen molar-refractivity contribution in [1.29, 1.82) is 0 Å². The van der Waals surface area contributed by atoms with Crippen molar-refractivity contribution in [2.24, 2.45) is 17.8 Å². The molecule has 168 valence electrons. The van der Waals surface area contributed by atoms with Crippen LogP contribution in [0.15, 0.2) is 28.8 Å². The molecule has 2 amide bonds. The molecule has 0 saturated heterocycles. The molecule has 2 atom stereocenters. The van der Waals surface area contributed by atoms with Crippen molar-refractivity contribution in [1.82, 2.24) is 5.16 Å². The van der Waals surface area contributed by atoms with Gasteiger partial charge in [-0.15, -0.1) is 0 Å². The van der Waals surface area contributed by atoms with Crippen LogP contribution in [0.5, 0.6) is 0 Å². The summed E-state index contributed by atoms with van der Waals surface area (Å²) >= 11 is 0. The highest BCUT2D eigenvalue weighted by atomic mass is 16.5. The first-order valence-corrected chi connectivity index (χ1v) is 10.8. The van der Waals surface area contributed by atoms with Crippen LogP contribution in [0.1, 0.15) is 51.3 Å². The molecule has 0 aliphatic heterocycles. The minimum absolute atomic E-state index is 0.0178. The molecule has 0 radical (unpaired) electrons. The number of aliphatic carboxylic acids is 1. The van der Waals surface area contributed by atoms with Gasteiger partial charge < -0.3 is 19.8 Å². The van der Waals surface area contributed by atoms with Gasteiger partial charge in [0.25, 0.3) is 0 Å². The molecule has 1 aromatic heterocycles. The first-order valence-electron chi connectivity index (χ1n) is 10.8. The van der Waals surface area contributed by atoms with Crippen molar-refractivity contribution in [2.45, 2.75) is 47.0 Å². The number of urea groups is 1. The lowest BCUT2D eigenvalue weighted by Crippen LogP contribution is -2.32. The van der Waals surface area contributed by atoms with E-state index in [-0.39, 0.29) is 17.7 Å². The van der Waals surface area contributed by atoms with Crippen LogP contribution in [0.3, 0.4) is 0 Å². The molecule has 1 fully saturated rings. The standard InChI is InChI=1S/C23H32N4O4/c1-13(2)11-27(12-14(3)4)20-7-6-16(17-10-18(17)22(28)29)9-19(20)24-23(30)25-21-8-15(5)26-31-21/h6-9,13-14,17-18H,10-12H2,1-5H3,(H,28,29)(H2,24,25,30)/t17-,18-/m1/s1. The largest absolute Gasteiger partial charge is 0.481 e. The molecule has 31 heavy (non-hydrogen) atoms. The van der Waals surface area contributed by atoms with Crippen LogP contribution in [0.4, 0.5) is 22.1 Å². The number of aromatic nitrogens is 1. The number of hydrogen-bond donors (Lipinski definition) is 3. The van der Waals surface area contributed by atoms with E-state index in [1.54, 1.807) is 13.0 Å². The molecule has 1 aliphatic carbocycles. The van der Waals surface area contributed by atoms with Crippen LogP contribution in [0.2, 0.25) is 0 Å². The first kappa shape index (κ1) is 22.7. The maximum atomic E-state index is 12.7. The molecule has 3 rings (SSSR count). The van der Waals surface area contributed by atoms with Gasteiger partial charge in [0.05, 0.1) is 23.0 Å². The summed E-state index contributed by atoms with van der Waals surface area (Å²) in [6.45, 7) is 12.1. The molecule has 0 unspecified atom stereocenters. The lowest BCUT2D eigenvalue weighted by molar-refractivity contribution is -0.138. The van der Waals surface area contributed by atoms with Crippen LogP contribution in [-0.2, 0) is 4.79 Å². The van der Waals surface area contributed by atoms with Crippen molar-refractivity contribution < 1.29 is 19.2 Å². The molecule has 1 aliphatic rings. The highest BCUT2D eigenvalue weighted by Gasteiger charge is 2.44. The van der Waals surface area contributed by atoms with E-state index >= 15 is 0 Å². The Bertz CT molecular complexity index is 927. The van der Waals surface area contributed by atoms with Gasteiger partial charge in [-0.05, 0) is 48.8 Å². The van der Waals surface area contributed by atoms with Gasteiger partial charge in [-0.1, -0.05) is 38.9 Å². The number of benzene rings is 1. The van der Waals surface area contributed by atoms with E-state index in [1.807, 2.05) is 18.2 Å². The maximum Gasteiger partial charge on any atom is 0.326 e. The zero-order chi connectivity index (χ0) is 22.7. The van der Waals surface area contributed by atoms with Crippen molar-refractivity contribution in [3.8, 4) is 0 Å². The van der Waals surface area contributed by atoms with Gasteiger partial charge in [0, 0.05) is 19.2 Å². The monoisotopic (exact) mass is 428 g/mol. The Morgan fingerprint density at radius 3 is 2.35 bits per heavy atom. The predicted octanol–water partition coefficient (Wildman–Crippen LogP) is 4.93. The highest BCUT2D eigenvalue weighted by molar-refractivity contribution is 6.01. The zero-order valence-corrected chi connectivity index (χ0v) is 18.8. The Morgan fingerprint density at radius 2 is 1.84 bits per heavy atom. The van der Waals surface area contributed by atoms with E-state index in [0.29, 0.717) is 29.6 Å². The lowest BCUT2D eigenvalue weighted by Gasteiger charge is -2.30. The maximum absolute atomic E-state index is 12.7. The van der Waals surface area contributed by atoms with Crippen LogP contribution >= 0.6 is 0 Å². The first-order chi connectivity index (χ1) is 14.6. The Hall–Kier alpha value is -3.03. The van der Waals surface area contributed by atoms with Gasteiger partial charge in [-0.25, -0.2) is 4.79 Å². The van der Waals surface area contributed by atoms with E-state index in [9.17, 15) is 14.7 Å². The third-order valence-electron chi connectivity index (χ3n) is 5.18. The SMILES string of the molecule is Cc1cc(NC(=O)Nc2cc([C@H]3C[C@H]3C(=O)O)ccc2N(CC(C)C)CC(C)C)on1. The van der Waals surface area contributed by atoms with Gasteiger partial charge >= 0.3 is 12.0 Å². The Kier molecular flexibility index (Phi) is 6.87. The van der Waals surface area contributed by atoms with E-state index in [2.05, 4.69) is 48.4 Å². The molecule has 1 saturated carbocycles. The van der Waals surface area contributed by atoms with Crippen LogP contribution in [-0.4, -0.2) is 35.4 Å². The normalized spacial score (nSPS) is 17.6. The zero-order valence-electron chi connectivity index (χ0n) is 18.8. The third-order valence-corrected chi connectivity index (χ3v) is 5.18. The molecule has 0 spiro atoms. The van der Waals surface area contributed by atoms with Crippen LogP contribution < -0.4 is 15.5 Å². The quantitative estimate of drug-likeness (QED) is 0.522. The summed E-state index contributed by atoms with van der Waals surface area (Å²) in [5.74, 6) is 0.00219. The number of amides is 2. The summed E-state index contributed by atoms with van der Waals surface area (Å²) in [5.41, 5.74) is 3.17. The van der Waals surface area contributed by atoms with E-state index in [1.165, 1.54) is 0 Å². The van der Waals surface area contributed by atoms with Gasteiger partial charge in [0.2, 0.25) is 5.88 Å². The minimum atomic E-state index is -0.775. The molecule has 1 heterocycles. The lowest BCUT2D eigenvalue weighted by atomic mass is 10.0. The Balaban J connectivity index is 1.89. The second-order valence-electron chi connectivity index (χ2n) is 9.17. The van der Waals surface area contributed by atoms with Gasteiger partial charge in [0.15, 0.2) is 0 Å². The molecule has 8 nitrogen and oxygen atoms in total. The fraction of sp³-hybridized carbons (Fsp3) is 0.522. The van der Waals surface area contributed by atoms with Crippen LogP contribution in [0.25, 0.3) is 0 Å². The number of rotatable bonds is 9. The van der Waals surface area contributed by atoms with Crippen molar-refractivity contribution in [3.05, 3.63) is 35.5 Å². The van der Waals surface area contributed by atoms with E-state index < -0.39 is 12.0 Å².